The predicted molar refractivity (Wildman–Crippen MR) is 159 cm³/mol. The molecule has 4 rings (SSSR count). The van der Waals surface area contributed by atoms with Gasteiger partial charge in [0.2, 0.25) is 11.7 Å². The summed E-state index contributed by atoms with van der Waals surface area (Å²) in [7, 11) is 4.53. The Morgan fingerprint density at radius 1 is 0.805 bits per heavy atom. The Labute approximate surface area is 246 Å². The Balaban J connectivity index is 1.54. The lowest BCUT2D eigenvalue weighted by Crippen LogP contribution is -2.50. The Morgan fingerprint density at radius 2 is 1.41 bits per heavy atom. The second-order valence-corrected chi connectivity index (χ2v) is 10.0. The van der Waals surface area contributed by atoms with Gasteiger partial charge in [-0.1, -0.05) is 29.8 Å². The summed E-state index contributed by atoms with van der Waals surface area (Å²) in [5.41, 5.74) is 3.91. The first kappa shape index (κ1) is 29.8. The van der Waals surface area contributed by atoms with E-state index in [9.17, 15) is 9.59 Å². The molecule has 0 unspecified atom stereocenters. The molecule has 3 aromatic rings. The van der Waals surface area contributed by atoms with E-state index in [0.29, 0.717) is 60.6 Å². The fourth-order valence-corrected chi connectivity index (χ4v) is 5.14. The van der Waals surface area contributed by atoms with Gasteiger partial charge in [0.05, 0.1) is 27.9 Å². The number of hydrogen-bond donors (Lipinski definition) is 0. The van der Waals surface area contributed by atoms with E-state index >= 15 is 0 Å². The van der Waals surface area contributed by atoms with Crippen LogP contribution in [0.15, 0.2) is 60.7 Å². The molecular formula is C32H35ClN2O6. The molecule has 1 aliphatic heterocycles. The number of aryl methyl sites for hydroxylation is 1. The molecule has 8 nitrogen and oxygen atoms in total. The maximum absolute atomic E-state index is 13.5. The van der Waals surface area contributed by atoms with E-state index < -0.39 is 0 Å². The highest BCUT2D eigenvalue weighted by molar-refractivity contribution is 6.30. The van der Waals surface area contributed by atoms with Crippen molar-refractivity contribution >= 4 is 29.0 Å². The van der Waals surface area contributed by atoms with Crippen molar-refractivity contribution in [2.75, 3.05) is 54.1 Å². The third-order valence-electron chi connectivity index (χ3n) is 6.89. The standard InChI is InChI=1S/C32H35ClN2O6/c1-6-41-26-9-7-22(8-10-26)27(23-15-21(2)16-25(33)17-23)20-30(36)34-11-13-35(14-12-34)32(37)24-18-28(38-3)31(40-5)29(19-24)39-4/h7-10,15-20H,6,11-14H2,1-5H3/b27-20+. The van der Waals surface area contributed by atoms with E-state index in [1.165, 1.54) is 21.3 Å². The second kappa shape index (κ2) is 13.5. The fourth-order valence-electron chi connectivity index (χ4n) is 4.85. The minimum absolute atomic E-state index is 0.133. The number of methoxy groups -OCH3 is 3. The van der Waals surface area contributed by atoms with Crippen LogP contribution in [-0.2, 0) is 4.79 Å². The smallest absolute Gasteiger partial charge is 0.254 e. The largest absolute Gasteiger partial charge is 0.494 e. The van der Waals surface area contributed by atoms with Gasteiger partial charge < -0.3 is 28.7 Å². The van der Waals surface area contributed by atoms with Gasteiger partial charge in [0, 0.05) is 42.8 Å². The zero-order valence-corrected chi connectivity index (χ0v) is 24.8. The lowest BCUT2D eigenvalue weighted by molar-refractivity contribution is -0.127. The first-order valence-corrected chi connectivity index (χ1v) is 13.8. The molecule has 0 N–H and O–H groups in total. The van der Waals surface area contributed by atoms with Crippen molar-refractivity contribution in [1.82, 2.24) is 9.80 Å². The number of piperazine rings is 1. The molecule has 0 aromatic heterocycles. The molecule has 0 aliphatic carbocycles. The van der Waals surface area contributed by atoms with Crippen LogP contribution in [0.5, 0.6) is 23.0 Å². The Bertz CT molecular complexity index is 1380. The number of amides is 2. The van der Waals surface area contributed by atoms with Crippen molar-refractivity contribution in [3.63, 3.8) is 0 Å². The van der Waals surface area contributed by atoms with Gasteiger partial charge in [-0.3, -0.25) is 9.59 Å². The van der Waals surface area contributed by atoms with Crippen molar-refractivity contribution in [2.45, 2.75) is 13.8 Å². The lowest BCUT2D eigenvalue weighted by Gasteiger charge is -2.34. The molecule has 41 heavy (non-hydrogen) atoms. The second-order valence-electron chi connectivity index (χ2n) is 9.56. The topological polar surface area (TPSA) is 77.5 Å². The van der Waals surface area contributed by atoms with Gasteiger partial charge in [-0.25, -0.2) is 0 Å². The monoisotopic (exact) mass is 578 g/mol. The maximum Gasteiger partial charge on any atom is 0.254 e. The third kappa shape index (κ3) is 6.95. The van der Waals surface area contributed by atoms with Crippen molar-refractivity contribution in [3.05, 3.63) is 87.9 Å². The van der Waals surface area contributed by atoms with Crippen LogP contribution in [0.4, 0.5) is 0 Å². The number of rotatable bonds is 9. The van der Waals surface area contributed by atoms with Crippen LogP contribution in [0.25, 0.3) is 5.57 Å². The highest BCUT2D eigenvalue weighted by Gasteiger charge is 2.26. The fraction of sp³-hybridized carbons (Fsp3) is 0.312. The molecule has 1 saturated heterocycles. The number of carbonyl (C=O) groups excluding carboxylic acids is 2. The van der Waals surface area contributed by atoms with Gasteiger partial charge in [0.15, 0.2) is 11.5 Å². The summed E-state index contributed by atoms with van der Waals surface area (Å²) in [6, 6.07) is 16.7. The molecule has 0 spiro atoms. The molecule has 2 amide bonds. The van der Waals surface area contributed by atoms with Crippen molar-refractivity contribution in [2.24, 2.45) is 0 Å². The van der Waals surface area contributed by atoms with Gasteiger partial charge in [0.1, 0.15) is 5.75 Å². The quantitative estimate of drug-likeness (QED) is 0.313. The van der Waals surface area contributed by atoms with Crippen molar-refractivity contribution < 1.29 is 28.5 Å². The van der Waals surface area contributed by atoms with Crippen molar-refractivity contribution in [3.8, 4) is 23.0 Å². The van der Waals surface area contributed by atoms with Gasteiger partial charge in [-0.05, 0) is 72.5 Å². The highest BCUT2D eigenvalue weighted by Crippen LogP contribution is 2.38. The van der Waals surface area contributed by atoms with E-state index in [1.807, 2.05) is 56.3 Å². The minimum Gasteiger partial charge on any atom is -0.494 e. The van der Waals surface area contributed by atoms with Gasteiger partial charge >= 0.3 is 0 Å². The van der Waals surface area contributed by atoms with Crippen LogP contribution in [0.1, 0.15) is 34.0 Å². The van der Waals surface area contributed by atoms with E-state index in [1.54, 1.807) is 28.0 Å². The molecule has 1 aliphatic rings. The normalized spacial score (nSPS) is 13.6. The molecule has 0 saturated carbocycles. The van der Waals surface area contributed by atoms with Crippen LogP contribution in [0.3, 0.4) is 0 Å². The molecule has 0 atom stereocenters. The third-order valence-corrected chi connectivity index (χ3v) is 7.11. The van der Waals surface area contributed by atoms with E-state index in [0.717, 1.165) is 28.0 Å². The van der Waals surface area contributed by atoms with Crippen LogP contribution in [0.2, 0.25) is 5.02 Å². The Morgan fingerprint density at radius 3 is 1.95 bits per heavy atom. The van der Waals surface area contributed by atoms with Crippen LogP contribution >= 0.6 is 11.6 Å². The number of carbonyl (C=O) groups is 2. The average molecular weight is 579 g/mol. The summed E-state index contributed by atoms with van der Waals surface area (Å²) in [5.74, 6) is 1.70. The maximum atomic E-state index is 13.5. The number of benzene rings is 3. The summed E-state index contributed by atoms with van der Waals surface area (Å²) >= 11 is 6.38. The summed E-state index contributed by atoms with van der Waals surface area (Å²) in [6.45, 7) is 6.06. The first-order valence-electron chi connectivity index (χ1n) is 13.4. The molecule has 216 valence electrons. The molecule has 0 radical (unpaired) electrons. The number of halogens is 1. The van der Waals surface area contributed by atoms with Crippen LogP contribution in [-0.4, -0.2) is 75.7 Å². The zero-order valence-electron chi connectivity index (χ0n) is 24.0. The average Bonchev–Trinajstić information content (AvgIpc) is 2.98. The van der Waals surface area contributed by atoms with Gasteiger partial charge in [-0.2, -0.15) is 0 Å². The molecule has 3 aromatic carbocycles. The Hall–Kier alpha value is -4.17. The molecule has 1 fully saturated rings. The van der Waals surface area contributed by atoms with E-state index in [2.05, 4.69) is 0 Å². The number of nitrogens with zero attached hydrogens (tertiary/aromatic N) is 2. The molecule has 0 bridgehead atoms. The highest BCUT2D eigenvalue weighted by atomic mass is 35.5. The number of hydrogen-bond acceptors (Lipinski definition) is 6. The summed E-state index contributed by atoms with van der Waals surface area (Å²) in [6.07, 6.45) is 1.65. The summed E-state index contributed by atoms with van der Waals surface area (Å²) in [5, 5.41) is 0.600. The Kier molecular flexibility index (Phi) is 9.78. The SMILES string of the molecule is CCOc1ccc(/C(=C\C(=O)N2CCN(C(=O)c3cc(OC)c(OC)c(OC)c3)CC2)c2cc(C)cc(Cl)c2)cc1. The predicted octanol–water partition coefficient (Wildman–Crippen LogP) is 5.49. The summed E-state index contributed by atoms with van der Waals surface area (Å²) < 4.78 is 21.8. The number of ether oxygens (including phenoxy) is 4. The van der Waals surface area contributed by atoms with E-state index in [-0.39, 0.29) is 11.8 Å². The van der Waals surface area contributed by atoms with Crippen molar-refractivity contribution in [1.29, 1.82) is 0 Å². The van der Waals surface area contributed by atoms with E-state index in [4.69, 9.17) is 30.5 Å². The summed E-state index contributed by atoms with van der Waals surface area (Å²) in [4.78, 5) is 30.3. The molecule has 9 heteroatoms. The minimum atomic E-state index is -0.170. The lowest BCUT2D eigenvalue weighted by atomic mass is 9.96. The van der Waals surface area contributed by atoms with Crippen LogP contribution in [0, 0.1) is 6.92 Å². The first-order chi connectivity index (χ1) is 19.8. The molecular weight excluding hydrogens is 544 g/mol. The zero-order chi connectivity index (χ0) is 29.5. The van der Waals surface area contributed by atoms with Gasteiger partial charge in [-0.15, -0.1) is 0 Å². The van der Waals surface area contributed by atoms with Crippen LogP contribution < -0.4 is 18.9 Å². The molecule has 1 heterocycles. The van der Waals surface area contributed by atoms with Gasteiger partial charge in [0.25, 0.3) is 5.91 Å².